The predicted octanol–water partition coefficient (Wildman–Crippen LogP) is 1.73. The molecule has 18 heavy (non-hydrogen) atoms. The van der Waals surface area contributed by atoms with E-state index in [9.17, 15) is 9.90 Å². The number of carbonyl (C=O) groups excluding carboxylic acids is 1. The molecular formula is C13H18INO3. The molecule has 0 heterocycles. The van der Waals surface area contributed by atoms with Crippen LogP contribution in [0.2, 0.25) is 0 Å². The van der Waals surface area contributed by atoms with Crippen LogP contribution in [0.1, 0.15) is 22.3 Å². The number of hydrogen-bond donors (Lipinski definition) is 2. The number of ether oxygens (including phenoxy) is 1. The third-order valence-electron chi connectivity index (χ3n) is 2.56. The molecule has 0 bridgehead atoms. The lowest BCUT2D eigenvalue weighted by atomic mass is 10.1. The molecule has 0 fully saturated rings. The molecule has 1 unspecified atom stereocenters. The van der Waals surface area contributed by atoms with Crippen molar-refractivity contribution in [3.05, 3.63) is 32.9 Å². The first kappa shape index (κ1) is 15.4. The molecule has 2 N–H and O–H groups in total. The average Bonchev–Trinajstić information content (AvgIpc) is 2.33. The van der Waals surface area contributed by atoms with Crippen LogP contribution in [0.3, 0.4) is 0 Å². The summed E-state index contributed by atoms with van der Waals surface area (Å²) in [7, 11) is 1.54. The average molecular weight is 363 g/mol. The summed E-state index contributed by atoms with van der Waals surface area (Å²) in [5.74, 6) is -0.104. The Morgan fingerprint density at radius 2 is 2.28 bits per heavy atom. The number of aliphatic hydroxyl groups excluding tert-OH is 1. The monoisotopic (exact) mass is 363 g/mol. The van der Waals surface area contributed by atoms with Crippen LogP contribution in [0.25, 0.3) is 0 Å². The van der Waals surface area contributed by atoms with E-state index < -0.39 is 6.10 Å². The smallest absolute Gasteiger partial charge is 0.252 e. The molecule has 5 heteroatoms. The summed E-state index contributed by atoms with van der Waals surface area (Å²) in [4.78, 5) is 11.9. The fraction of sp³-hybridized carbons (Fsp3) is 0.462. The molecule has 1 aromatic carbocycles. The quantitative estimate of drug-likeness (QED) is 0.757. The minimum atomic E-state index is -0.535. The molecule has 1 rings (SSSR count). The van der Waals surface area contributed by atoms with Crippen molar-refractivity contribution in [1.29, 1.82) is 0 Å². The van der Waals surface area contributed by atoms with Crippen LogP contribution in [0.4, 0.5) is 0 Å². The van der Waals surface area contributed by atoms with Gasteiger partial charge in [-0.05, 0) is 47.6 Å². The van der Waals surface area contributed by atoms with Crippen LogP contribution < -0.4 is 5.32 Å². The van der Waals surface area contributed by atoms with Crippen molar-refractivity contribution >= 4 is 28.5 Å². The van der Waals surface area contributed by atoms with Crippen molar-refractivity contribution in [2.45, 2.75) is 19.4 Å². The molecule has 0 saturated carbocycles. The Balaban J connectivity index is 2.48. The summed E-state index contributed by atoms with van der Waals surface area (Å²) >= 11 is 2.17. The van der Waals surface area contributed by atoms with Gasteiger partial charge in [0.05, 0.1) is 18.3 Å². The van der Waals surface area contributed by atoms with E-state index in [2.05, 4.69) is 27.9 Å². The fourth-order valence-electron chi connectivity index (χ4n) is 1.55. The van der Waals surface area contributed by atoms with Crippen molar-refractivity contribution < 1.29 is 14.6 Å². The Kier molecular flexibility index (Phi) is 6.59. The number of benzene rings is 1. The van der Waals surface area contributed by atoms with Gasteiger partial charge >= 0.3 is 0 Å². The number of aliphatic hydroxyl groups is 1. The zero-order valence-corrected chi connectivity index (χ0v) is 12.7. The third-order valence-corrected chi connectivity index (χ3v) is 3.99. The first-order chi connectivity index (χ1) is 8.56. The van der Waals surface area contributed by atoms with E-state index in [1.165, 1.54) is 7.11 Å². The van der Waals surface area contributed by atoms with E-state index in [1.54, 1.807) is 6.07 Å². The standard InChI is InChI=1S/C13H18INO3/c1-9-4-3-5-11(12(9)14)13(17)15-7-6-10(16)8-18-2/h3-5,10,16H,6-8H2,1-2H3,(H,15,17). The second-order valence-electron chi connectivity index (χ2n) is 4.09. The van der Waals surface area contributed by atoms with Gasteiger partial charge in [0.15, 0.2) is 0 Å². The lowest BCUT2D eigenvalue weighted by Gasteiger charge is -2.11. The molecule has 4 nitrogen and oxygen atoms in total. The van der Waals surface area contributed by atoms with Gasteiger partial charge in [-0.15, -0.1) is 0 Å². The van der Waals surface area contributed by atoms with Gasteiger partial charge in [0.25, 0.3) is 5.91 Å². The number of nitrogens with one attached hydrogen (secondary N) is 1. The van der Waals surface area contributed by atoms with Crippen molar-refractivity contribution in [3.63, 3.8) is 0 Å². The molecule has 1 aromatic rings. The first-order valence-electron chi connectivity index (χ1n) is 5.76. The van der Waals surface area contributed by atoms with Gasteiger partial charge in [-0.3, -0.25) is 4.79 Å². The molecule has 0 aliphatic carbocycles. The third kappa shape index (κ3) is 4.55. The second-order valence-corrected chi connectivity index (χ2v) is 5.17. The Morgan fingerprint density at radius 1 is 1.56 bits per heavy atom. The number of rotatable bonds is 6. The Morgan fingerprint density at radius 3 is 2.94 bits per heavy atom. The number of amides is 1. The summed E-state index contributed by atoms with van der Waals surface area (Å²) < 4.78 is 5.78. The maximum atomic E-state index is 11.9. The highest BCUT2D eigenvalue weighted by Crippen LogP contribution is 2.16. The number of hydrogen-bond acceptors (Lipinski definition) is 3. The van der Waals surface area contributed by atoms with Gasteiger partial charge < -0.3 is 15.2 Å². The Bertz CT molecular complexity index is 409. The minimum Gasteiger partial charge on any atom is -0.391 e. The number of carbonyl (C=O) groups is 1. The number of halogens is 1. The van der Waals surface area contributed by atoms with Crippen LogP contribution >= 0.6 is 22.6 Å². The molecule has 0 saturated heterocycles. The maximum absolute atomic E-state index is 11.9. The summed E-state index contributed by atoms with van der Waals surface area (Å²) in [6.45, 7) is 2.70. The van der Waals surface area contributed by atoms with Crippen molar-refractivity contribution in [2.75, 3.05) is 20.3 Å². The summed E-state index contributed by atoms with van der Waals surface area (Å²) in [5.41, 5.74) is 1.76. The molecule has 0 aliphatic rings. The normalized spacial score (nSPS) is 12.2. The van der Waals surface area contributed by atoms with Crippen LogP contribution in [-0.4, -0.2) is 37.4 Å². The van der Waals surface area contributed by atoms with Gasteiger partial charge in [0.2, 0.25) is 0 Å². The molecule has 1 amide bonds. The van der Waals surface area contributed by atoms with Crippen LogP contribution in [0, 0.1) is 10.5 Å². The second kappa shape index (κ2) is 7.70. The van der Waals surface area contributed by atoms with E-state index in [4.69, 9.17) is 4.74 Å². The SMILES string of the molecule is COCC(O)CCNC(=O)c1cccc(C)c1I. The van der Waals surface area contributed by atoms with Crippen molar-refractivity contribution in [1.82, 2.24) is 5.32 Å². The zero-order valence-electron chi connectivity index (χ0n) is 10.6. The summed E-state index contributed by atoms with van der Waals surface area (Å²) in [6.07, 6.45) is -0.0472. The topological polar surface area (TPSA) is 58.6 Å². The molecule has 100 valence electrons. The van der Waals surface area contributed by atoms with E-state index in [0.717, 1.165) is 9.13 Å². The molecule has 1 atom stereocenters. The zero-order chi connectivity index (χ0) is 13.5. The first-order valence-corrected chi connectivity index (χ1v) is 6.84. The molecular weight excluding hydrogens is 345 g/mol. The predicted molar refractivity (Wildman–Crippen MR) is 78.7 cm³/mol. The fourth-order valence-corrected chi connectivity index (χ4v) is 2.15. The number of aryl methyl sites for hydroxylation is 1. The number of methoxy groups -OCH3 is 1. The van der Waals surface area contributed by atoms with E-state index >= 15 is 0 Å². The van der Waals surface area contributed by atoms with Crippen LogP contribution in [0.15, 0.2) is 18.2 Å². The summed E-state index contributed by atoms with van der Waals surface area (Å²) in [5, 5.41) is 12.3. The van der Waals surface area contributed by atoms with Crippen LogP contribution in [0.5, 0.6) is 0 Å². The largest absolute Gasteiger partial charge is 0.391 e. The van der Waals surface area contributed by atoms with Gasteiger partial charge in [-0.1, -0.05) is 12.1 Å². The van der Waals surface area contributed by atoms with Crippen molar-refractivity contribution in [2.24, 2.45) is 0 Å². The Labute approximate surface area is 121 Å². The van der Waals surface area contributed by atoms with Gasteiger partial charge in [0.1, 0.15) is 0 Å². The molecule has 0 aliphatic heterocycles. The summed E-state index contributed by atoms with van der Waals surface area (Å²) in [6, 6.07) is 5.64. The molecule has 0 radical (unpaired) electrons. The highest BCUT2D eigenvalue weighted by molar-refractivity contribution is 14.1. The van der Waals surface area contributed by atoms with Gasteiger partial charge in [0, 0.05) is 17.2 Å². The highest BCUT2D eigenvalue weighted by Gasteiger charge is 2.11. The molecule has 0 aromatic heterocycles. The van der Waals surface area contributed by atoms with E-state index in [-0.39, 0.29) is 12.5 Å². The maximum Gasteiger partial charge on any atom is 0.252 e. The van der Waals surface area contributed by atoms with Crippen LogP contribution in [-0.2, 0) is 4.74 Å². The Hall–Kier alpha value is -0.660. The van der Waals surface area contributed by atoms with E-state index in [0.29, 0.717) is 18.5 Å². The van der Waals surface area contributed by atoms with E-state index in [1.807, 2.05) is 19.1 Å². The lowest BCUT2D eigenvalue weighted by molar-refractivity contribution is 0.0587. The van der Waals surface area contributed by atoms with Gasteiger partial charge in [-0.2, -0.15) is 0 Å². The van der Waals surface area contributed by atoms with Crippen molar-refractivity contribution in [3.8, 4) is 0 Å². The highest BCUT2D eigenvalue weighted by atomic mass is 127. The van der Waals surface area contributed by atoms with Gasteiger partial charge in [-0.25, -0.2) is 0 Å². The minimum absolute atomic E-state index is 0.104. The lowest BCUT2D eigenvalue weighted by Crippen LogP contribution is -2.29. The molecule has 0 spiro atoms.